The van der Waals surface area contributed by atoms with E-state index in [2.05, 4.69) is 44.3 Å². The van der Waals surface area contributed by atoms with Crippen molar-refractivity contribution in [2.24, 2.45) is 12.5 Å². The second-order valence-electron chi connectivity index (χ2n) is 5.85. The zero-order valence-corrected chi connectivity index (χ0v) is 12.6. The lowest BCUT2D eigenvalue weighted by atomic mass is 9.89. The molecule has 18 heavy (non-hydrogen) atoms. The second-order valence-corrected chi connectivity index (χ2v) is 5.85. The maximum Gasteiger partial charge on any atom is 0.0641 e. The Morgan fingerprint density at radius 2 is 2.17 bits per heavy atom. The molecule has 0 aliphatic carbocycles. The molecule has 0 bridgehead atoms. The van der Waals surface area contributed by atoms with Crippen LogP contribution in [0.2, 0.25) is 0 Å². The van der Waals surface area contributed by atoms with Gasteiger partial charge in [-0.3, -0.25) is 4.68 Å². The van der Waals surface area contributed by atoms with E-state index < -0.39 is 0 Å². The van der Waals surface area contributed by atoms with Crippen LogP contribution in [0.25, 0.3) is 0 Å². The summed E-state index contributed by atoms with van der Waals surface area (Å²) in [7, 11) is 3.72. The molecule has 104 valence electrons. The quantitative estimate of drug-likeness (QED) is 0.811. The second kappa shape index (κ2) is 6.34. The van der Waals surface area contributed by atoms with Gasteiger partial charge in [-0.2, -0.15) is 5.10 Å². The van der Waals surface area contributed by atoms with Gasteiger partial charge in [-0.05, 0) is 25.7 Å². The minimum Gasteiger partial charge on any atom is -0.385 e. The Bertz CT molecular complexity index is 371. The first-order valence-electron chi connectivity index (χ1n) is 6.58. The minimum absolute atomic E-state index is 0.250. The molecule has 1 N–H and O–H groups in total. The molecule has 0 aliphatic heterocycles. The number of hydrogen-bond donors (Lipinski definition) is 1. The monoisotopic (exact) mass is 253 g/mol. The van der Waals surface area contributed by atoms with E-state index in [1.165, 1.54) is 5.56 Å². The lowest BCUT2D eigenvalue weighted by Gasteiger charge is -2.27. The fourth-order valence-corrected chi connectivity index (χ4v) is 2.05. The Balaban J connectivity index is 2.50. The van der Waals surface area contributed by atoms with E-state index in [1.807, 2.05) is 11.7 Å². The average Bonchev–Trinajstić information content (AvgIpc) is 2.63. The van der Waals surface area contributed by atoms with E-state index in [0.717, 1.165) is 25.3 Å². The van der Waals surface area contributed by atoms with Crippen molar-refractivity contribution in [1.29, 1.82) is 0 Å². The van der Waals surface area contributed by atoms with E-state index in [0.29, 0.717) is 6.04 Å². The first-order chi connectivity index (χ1) is 8.35. The molecule has 0 aromatic carbocycles. The summed E-state index contributed by atoms with van der Waals surface area (Å²) >= 11 is 0. The van der Waals surface area contributed by atoms with Crippen LogP contribution in [-0.4, -0.2) is 30.0 Å². The van der Waals surface area contributed by atoms with Gasteiger partial charge in [-0.25, -0.2) is 0 Å². The zero-order chi connectivity index (χ0) is 13.8. The molecule has 0 amide bonds. The van der Waals surface area contributed by atoms with Gasteiger partial charge in [-0.15, -0.1) is 0 Å². The summed E-state index contributed by atoms with van der Waals surface area (Å²) in [4.78, 5) is 0. The Morgan fingerprint density at radius 3 is 2.67 bits per heavy atom. The van der Waals surface area contributed by atoms with E-state index in [1.54, 1.807) is 7.11 Å². The van der Waals surface area contributed by atoms with Crippen molar-refractivity contribution in [3.63, 3.8) is 0 Å². The molecule has 0 saturated heterocycles. The van der Waals surface area contributed by atoms with Crippen LogP contribution in [0.5, 0.6) is 0 Å². The fraction of sp³-hybridized carbons (Fsp3) is 0.786. The predicted octanol–water partition coefficient (Wildman–Crippen LogP) is 2.44. The van der Waals surface area contributed by atoms with Crippen LogP contribution in [-0.2, 0) is 11.8 Å². The third-order valence-corrected chi connectivity index (χ3v) is 3.39. The molecule has 4 heteroatoms. The van der Waals surface area contributed by atoms with Gasteiger partial charge in [0.15, 0.2) is 0 Å². The molecule has 1 aromatic rings. The normalized spacial score (nSPS) is 13.9. The maximum absolute atomic E-state index is 5.15. The molecule has 0 saturated carbocycles. The highest BCUT2D eigenvalue weighted by atomic mass is 16.5. The van der Waals surface area contributed by atoms with Gasteiger partial charge in [0.1, 0.15) is 0 Å². The molecule has 0 radical (unpaired) electrons. The minimum atomic E-state index is 0.250. The zero-order valence-electron chi connectivity index (χ0n) is 12.6. The Morgan fingerprint density at radius 1 is 1.50 bits per heavy atom. The number of hydrogen-bond acceptors (Lipinski definition) is 3. The molecular weight excluding hydrogens is 226 g/mol. The van der Waals surface area contributed by atoms with Gasteiger partial charge >= 0.3 is 0 Å². The number of methoxy groups -OCH3 is 1. The van der Waals surface area contributed by atoms with Crippen molar-refractivity contribution < 1.29 is 4.74 Å². The van der Waals surface area contributed by atoms with Crippen molar-refractivity contribution in [1.82, 2.24) is 15.1 Å². The number of nitrogens with zero attached hydrogens (tertiary/aromatic N) is 2. The molecule has 4 nitrogen and oxygen atoms in total. The van der Waals surface area contributed by atoms with Gasteiger partial charge in [0.25, 0.3) is 0 Å². The van der Waals surface area contributed by atoms with Gasteiger partial charge in [0.2, 0.25) is 0 Å². The molecule has 1 atom stereocenters. The topological polar surface area (TPSA) is 39.1 Å². The highest BCUT2D eigenvalue weighted by Gasteiger charge is 2.19. The van der Waals surface area contributed by atoms with Crippen LogP contribution in [0.15, 0.2) is 6.20 Å². The lowest BCUT2D eigenvalue weighted by Crippen LogP contribution is -2.32. The SMILES string of the molecule is COCCC(C)(C)CNC(C)c1cn(C)nc1C. The first kappa shape index (κ1) is 15.2. The first-order valence-corrected chi connectivity index (χ1v) is 6.58. The number of rotatable bonds is 7. The Labute approximate surface area is 111 Å². The molecule has 1 rings (SSSR count). The van der Waals surface area contributed by atoms with Crippen LogP contribution < -0.4 is 5.32 Å². The highest BCUT2D eigenvalue weighted by molar-refractivity contribution is 5.19. The lowest BCUT2D eigenvalue weighted by molar-refractivity contribution is 0.149. The maximum atomic E-state index is 5.15. The molecule has 0 aliphatic rings. The summed E-state index contributed by atoms with van der Waals surface area (Å²) in [6, 6.07) is 0.334. The van der Waals surface area contributed by atoms with Gasteiger partial charge in [0.05, 0.1) is 5.69 Å². The van der Waals surface area contributed by atoms with Gasteiger partial charge in [-0.1, -0.05) is 13.8 Å². The molecule has 0 spiro atoms. The number of nitrogens with one attached hydrogen (secondary N) is 1. The fourth-order valence-electron chi connectivity index (χ4n) is 2.05. The average molecular weight is 253 g/mol. The number of aryl methyl sites for hydroxylation is 2. The van der Waals surface area contributed by atoms with Crippen LogP contribution in [0.3, 0.4) is 0 Å². The summed E-state index contributed by atoms with van der Waals surface area (Å²) in [5.74, 6) is 0. The van der Waals surface area contributed by atoms with Gasteiger partial charge < -0.3 is 10.1 Å². The van der Waals surface area contributed by atoms with E-state index in [-0.39, 0.29) is 5.41 Å². The largest absolute Gasteiger partial charge is 0.385 e. The summed E-state index contributed by atoms with van der Waals surface area (Å²) in [5.41, 5.74) is 2.63. The van der Waals surface area contributed by atoms with Crippen LogP contribution in [0, 0.1) is 12.3 Å². The van der Waals surface area contributed by atoms with Crippen LogP contribution >= 0.6 is 0 Å². The number of ether oxygens (including phenoxy) is 1. The van der Waals surface area contributed by atoms with E-state index >= 15 is 0 Å². The van der Waals surface area contributed by atoms with Crippen molar-refractivity contribution in [2.75, 3.05) is 20.3 Å². The third kappa shape index (κ3) is 4.42. The van der Waals surface area contributed by atoms with E-state index in [4.69, 9.17) is 4.74 Å². The van der Waals surface area contributed by atoms with Crippen molar-refractivity contribution >= 4 is 0 Å². The summed E-state index contributed by atoms with van der Waals surface area (Å²) < 4.78 is 7.02. The predicted molar refractivity (Wildman–Crippen MR) is 74.6 cm³/mol. The van der Waals surface area contributed by atoms with Crippen LogP contribution in [0.4, 0.5) is 0 Å². The molecule has 1 unspecified atom stereocenters. The molecule has 0 fully saturated rings. The molecule has 1 heterocycles. The molecular formula is C14H27N3O. The third-order valence-electron chi connectivity index (χ3n) is 3.39. The number of aromatic nitrogens is 2. The van der Waals surface area contributed by atoms with Crippen molar-refractivity contribution in [2.45, 2.75) is 40.2 Å². The summed E-state index contributed by atoms with van der Waals surface area (Å²) in [6.07, 6.45) is 3.16. The summed E-state index contributed by atoms with van der Waals surface area (Å²) in [5, 5.41) is 7.98. The Kier molecular flexibility index (Phi) is 5.35. The molecule has 1 aromatic heterocycles. The van der Waals surface area contributed by atoms with Crippen molar-refractivity contribution in [3.05, 3.63) is 17.5 Å². The standard InChI is InChI=1S/C14H27N3O/c1-11(13-9-17(5)16-12(13)2)15-10-14(3,4)7-8-18-6/h9,11,15H,7-8,10H2,1-6H3. The Hall–Kier alpha value is -0.870. The smallest absolute Gasteiger partial charge is 0.0641 e. The summed E-state index contributed by atoms with van der Waals surface area (Å²) in [6.45, 7) is 10.6. The van der Waals surface area contributed by atoms with Gasteiger partial charge in [0, 0.05) is 45.1 Å². The van der Waals surface area contributed by atoms with Crippen LogP contribution in [0.1, 0.15) is 44.5 Å². The highest BCUT2D eigenvalue weighted by Crippen LogP contribution is 2.22. The van der Waals surface area contributed by atoms with Crippen molar-refractivity contribution in [3.8, 4) is 0 Å². The van der Waals surface area contributed by atoms with E-state index in [9.17, 15) is 0 Å².